The quantitative estimate of drug-likeness (QED) is 0.616. The van der Waals surface area contributed by atoms with Crippen molar-refractivity contribution >= 4 is 17.5 Å². The highest BCUT2D eigenvalue weighted by molar-refractivity contribution is 6.00. The van der Waals surface area contributed by atoms with E-state index in [1.165, 1.54) is 17.0 Å². The van der Waals surface area contributed by atoms with Gasteiger partial charge in [-0.1, -0.05) is 25.1 Å². The lowest BCUT2D eigenvalue weighted by molar-refractivity contribution is -0.120. The molecule has 1 aromatic heterocycles. The molecule has 5 nitrogen and oxygen atoms in total. The van der Waals surface area contributed by atoms with Gasteiger partial charge in [0.2, 0.25) is 5.91 Å². The summed E-state index contributed by atoms with van der Waals surface area (Å²) >= 11 is 0. The van der Waals surface area contributed by atoms with Crippen LogP contribution in [0.15, 0.2) is 71.1 Å². The highest BCUT2D eigenvalue weighted by Crippen LogP contribution is 2.24. The van der Waals surface area contributed by atoms with E-state index in [9.17, 15) is 14.0 Å². The maximum absolute atomic E-state index is 13.1. The number of carbonyl (C=O) groups excluding carboxylic acids is 2. The van der Waals surface area contributed by atoms with Crippen LogP contribution in [0.3, 0.4) is 0 Å². The molecular formula is C23H23FN2O3. The number of carbonyl (C=O) groups is 2. The Balaban J connectivity index is 1.76. The molecule has 29 heavy (non-hydrogen) atoms. The average molecular weight is 394 g/mol. The molecule has 3 rings (SSSR count). The van der Waals surface area contributed by atoms with Gasteiger partial charge in [0, 0.05) is 17.8 Å². The molecule has 150 valence electrons. The van der Waals surface area contributed by atoms with Crippen LogP contribution in [-0.2, 0) is 4.79 Å². The molecule has 0 aliphatic rings. The number of furan rings is 1. The number of nitrogens with one attached hydrogen (secondary N) is 1. The molecule has 0 bridgehead atoms. The molecule has 0 aliphatic heterocycles. The van der Waals surface area contributed by atoms with Crippen molar-refractivity contribution in [1.82, 2.24) is 4.90 Å². The van der Waals surface area contributed by atoms with Crippen molar-refractivity contribution in [3.63, 3.8) is 0 Å². The first-order valence-electron chi connectivity index (χ1n) is 9.52. The third kappa shape index (κ3) is 4.90. The van der Waals surface area contributed by atoms with E-state index in [2.05, 4.69) is 5.32 Å². The lowest BCUT2D eigenvalue weighted by Crippen LogP contribution is -2.45. The smallest absolute Gasteiger partial charge is 0.290 e. The summed E-state index contributed by atoms with van der Waals surface area (Å²) in [4.78, 5) is 27.2. The summed E-state index contributed by atoms with van der Waals surface area (Å²) in [5.41, 5.74) is 1.34. The standard InChI is InChI=1S/C23H23FN2O3/c1-3-15-26(16(2)22(27)25-19-7-5-4-6-8-19)23(28)21-14-13-20(29-21)17-9-11-18(24)12-10-17/h4-14,16H,3,15H2,1-2H3,(H,25,27). The van der Waals surface area contributed by atoms with Gasteiger partial charge in [-0.2, -0.15) is 0 Å². The van der Waals surface area contributed by atoms with Crippen LogP contribution in [0.2, 0.25) is 0 Å². The summed E-state index contributed by atoms with van der Waals surface area (Å²) in [6.07, 6.45) is 0.695. The minimum Gasteiger partial charge on any atom is -0.451 e. The molecule has 1 atom stereocenters. The van der Waals surface area contributed by atoms with Crippen molar-refractivity contribution in [3.8, 4) is 11.3 Å². The van der Waals surface area contributed by atoms with Crippen LogP contribution >= 0.6 is 0 Å². The summed E-state index contributed by atoms with van der Waals surface area (Å²) in [7, 11) is 0. The zero-order valence-corrected chi connectivity index (χ0v) is 16.4. The second-order valence-corrected chi connectivity index (χ2v) is 6.70. The monoisotopic (exact) mass is 394 g/mol. The van der Waals surface area contributed by atoms with Crippen LogP contribution in [0.4, 0.5) is 10.1 Å². The Bertz CT molecular complexity index is 967. The zero-order valence-electron chi connectivity index (χ0n) is 16.4. The first-order chi connectivity index (χ1) is 14.0. The van der Waals surface area contributed by atoms with Gasteiger partial charge in [0.1, 0.15) is 17.6 Å². The third-order valence-corrected chi connectivity index (χ3v) is 4.56. The number of nitrogens with zero attached hydrogens (tertiary/aromatic N) is 1. The van der Waals surface area contributed by atoms with E-state index in [0.29, 0.717) is 30.0 Å². The Morgan fingerprint density at radius 3 is 2.38 bits per heavy atom. The molecule has 1 heterocycles. The van der Waals surface area contributed by atoms with E-state index in [0.717, 1.165) is 0 Å². The SMILES string of the molecule is CCCN(C(=O)c1ccc(-c2ccc(F)cc2)o1)C(C)C(=O)Nc1ccccc1. The van der Waals surface area contributed by atoms with Gasteiger partial charge in [-0.25, -0.2) is 4.39 Å². The Morgan fingerprint density at radius 1 is 1.03 bits per heavy atom. The second-order valence-electron chi connectivity index (χ2n) is 6.70. The fourth-order valence-corrected chi connectivity index (χ4v) is 2.99. The number of hydrogen-bond acceptors (Lipinski definition) is 3. The Labute approximate surface area is 169 Å². The lowest BCUT2D eigenvalue weighted by Gasteiger charge is -2.27. The van der Waals surface area contributed by atoms with Crippen molar-refractivity contribution in [3.05, 3.63) is 78.3 Å². The molecular weight excluding hydrogens is 371 g/mol. The van der Waals surface area contributed by atoms with Crippen LogP contribution < -0.4 is 5.32 Å². The first-order valence-corrected chi connectivity index (χ1v) is 9.52. The first kappa shape index (κ1) is 20.3. The van der Waals surface area contributed by atoms with Gasteiger partial charge in [-0.15, -0.1) is 0 Å². The topological polar surface area (TPSA) is 62.6 Å². The molecule has 0 saturated heterocycles. The van der Waals surface area contributed by atoms with Crippen molar-refractivity contribution in [2.24, 2.45) is 0 Å². The van der Waals surface area contributed by atoms with Gasteiger partial charge in [0.25, 0.3) is 5.91 Å². The number of benzene rings is 2. The fraction of sp³-hybridized carbons (Fsp3) is 0.217. The number of anilines is 1. The third-order valence-electron chi connectivity index (χ3n) is 4.56. The van der Waals surface area contributed by atoms with Crippen LogP contribution in [0.5, 0.6) is 0 Å². The van der Waals surface area contributed by atoms with Crippen molar-refractivity contribution in [1.29, 1.82) is 0 Å². The summed E-state index contributed by atoms with van der Waals surface area (Å²) in [5, 5.41) is 2.82. The zero-order chi connectivity index (χ0) is 20.8. The van der Waals surface area contributed by atoms with Crippen molar-refractivity contribution in [2.75, 3.05) is 11.9 Å². The van der Waals surface area contributed by atoms with Crippen LogP contribution in [0, 0.1) is 5.82 Å². The van der Waals surface area contributed by atoms with Crippen molar-refractivity contribution in [2.45, 2.75) is 26.3 Å². The van der Waals surface area contributed by atoms with E-state index >= 15 is 0 Å². The molecule has 1 unspecified atom stereocenters. The van der Waals surface area contributed by atoms with Crippen LogP contribution in [-0.4, -0.2) is 29.3 Å². The average Bonchev–Trinajstić information content (AvgIpc) is 3.22. The van der Waals surface area contributed by atoms with E-state index < -0.39 is 6.04 Å². The lowest BCUT2D eigenvalue weighted by atomic mass is 10.2. The van der Waals surface area contributed by atoms with Crippen molar-refractivity contribution < 1.29 is 18.4 Å². The van der Waals surface area contributed by atoms with Gasteiger partial charge in [0.15, 0.2) is 5.76 Å². The number of rotatable bonds is 7. The summed E-state index contributed by atoms with van der Waals surface area (Å²) in [6, 6.07) is 17.5. The van der Waals surface area contributed by atoms with Crippen LogP contribution in [0.25, 0.3) is 11.3 Å². The molecule has 2 aromatic carbocycles. The fourth-order valence-electron chi connectivity index (χ4n) is 2.99. The Morgan fingerprint density at radius 2 is 1.72 bits per heavy atom. The van der Waals surface area contributed by atoms with E-state index in [1.54, 1.807) is 43.3 Å². The molecule has 0 fully saturated rings. The highest BCUT2D eigenvalue weighted by atomic mass is 19.1. The van der Waals surface area contributed by atoms with Gasteiger partial charge in [0.05, 0.1) is 0 Å². The van der Waals surface area contributed by atoms with Crippen LogP contribution in [0.1, 0.15) is 30.8 Å². The summed E-state index contributed by atoms with van der Waals surface area (Å²) in [5.74, 6) is -0.383. The van der Waals surface area contributed by atoms with Gasteiger partial charge in [-0.05, 0) is 61.9 Å². The van der Waals surface area contributed by atoms with Gasteiger partial charge >= 0.3 is 0 Å². The molecule has 6 heteroatoms. The molecule has 2 amide bonds. The molecule has 0 aliphatic carbocycles. The predicted octanol–water partition coefficient (Wildman–Crippen LogP) is 4.97. The predicted molar refractivity (Wildman–Crippen MR) is 110 cm³/mol. The van der Waals surface area contributed by atoms with Gasteiger partial charge in [-0.3, -0.25) is 9.59 Å². The van der Waals surface area contributed by atoms with E-state index in [1.807, 2.05) is 25.1 Å². The number of amides is 2. The normalized spacial score (nSPS) is 11.7. The van der Waals surface area contributed by atoms with E-state index in [4.69, 9.17) is 4.42 Å². The molecule has 0 radical (unpaired) electrons. The number of para-hydroxylation sites is 1. The Kier molecular flexibility index (Phi) is 6.44. The second kappa shape index (κ2) is 9.19. The Hall–Kier alpha value is -3.41. The minimum absolute atomic E-state index is 0.136. The maximum Gasteiger partial charge on any atom is 0.290 e. The minimum atomic E-state index is -0.679. The largest absolute Gasteiger partial charge is 0.451 e. The van der Waals surface area contributed by atoms with Gasteiger partial charge < -0.3 is 14.6 Å². The molecule has 0 spiro atoms. The highest BCUT2D eigenvalue weighted by Gasteiger charge is 2.28. The summed E-state index contributed by atoms with van der Waals surface area (Å²) in [6.45, 7) is 4.04. The molecule has 1 N–H and O–H groups in total. The van der Waals surface area contributed by atoms with E-state index in [-0.39, 0.29) is 23.4 Å². The number of halogens is 1. The maximum atomic E-state index is 13.1. The molecule has 3 aromatic rings. The summed E-state index contributed by atoms with van der Waals surface area (Å²) < 4.78 is 18.8. The number of hydrogen-bond donors (Lipinski definition) is 1. The molecule has 0 saturated carbocycles.